The Morgan fingerprint density at radius 1 is 1.55 bits per heavy atom. The summed E-state index contributed by atoms with van der Waals surface area (Å²) < 4.78 is 4.72. The van der Waals surface area contributed by atoms with E-state index in [2.05, 4.69) is 6.92 Å². The molecule has 0 aliphatic heterocycles. The topological polar surface area (TPSA) is 26.3 Å². The first-order valence-electron chi connectivity index (χ1n) is 3.67. The molecule has 0 spiro atoms. The molecule has 0 aromatic heterocycles. The van der Waals surface area contributed by atoms with Crippen LogP contribution in [0.25, 0.3) is 0 Å². The van der Waals surface area contributed by atoms with Gasteiger partial charge in [0.2, 0.25) is 0 Å². The van der Waals surface area contributed by atoms with E-state index in [0.29, 0.717) is 6.61 Å². The van der Waals surface area contributed by atoms with Gasteiger partial charge in [-0.15, -0.1) is 11.6 Å². The monoisotopic (exact) mass is 176 g/mol. The second-order valence-corrected chi connectivity index (χ2v) is 2.29. The largest absolute Gasteiger partial charge is 0.464 e. The molecule has 0 unspecified atom stereocenters. The maximum Gasteiger partial charge on any atom is 0.320 e. The van der Waals surface area contributed by atoms with Crippen LogP contribution >= 0.6 is 11.6 Å². The van der Waals surface area contributed by atoms with E-state index in [4.69, 9.17) is 16.3 Å². The Kier molecular flexibility index (Phi) is 7.26. The normalized spacial score (nSPS) is 10.4. The van der Waals surface area contributed by atoms with Crippen LogP contribution in [0.4, 0.5) is 0 Å². The molecule has 2 nitrogen and oxygen atoms in total. The van der Waals surface area contributed by atoms with Gasteiger partial charge in [-0.2, -0.15) is 0 Å². The summed E-state index contributed by atoms with van der Waals surface area (Å²) in [7, 11) is 0. The van der Waals surface area contributed by atoms with Gasteiger partial charge >= 0.3 is 5.97 Å². The molecule has 3 heteroatoms. The number of alkyl halides is 1. The Morgan fingerprint density at radius 3 is 2.82 bits per heavy atom. The third kappa shape index (κ3) is 7.40. The van der Waals surface area contributed by atoms with Gasteiger partial charge in [0, 0.05) is 0 Å². The summed E-state index contributed by atoms with van der Waals surface area (Å²) in [6, 6.07) is 0. The summed E-state index contributed by atoms with van der Waals surface area (Å²) >= 11 is 5.20. The van der Waals surface area contributed by atoms with Crippen LogP contribution in [0.1, 0.15) is 19.8 Å². The number of esters is 1. The van der Waals surface area contributed by atoms with Crippen LogP contribution in [-0.2, 0) is 9.53 Å². The molecule has 0 aromatic rings. The van der Waals surface area contributed by atoms with Crippen molar-refractivity contribution in [2.24, 2.45) is 0 Å². The van der Waals surface area contributed by atoms with Crippen molar-refractivity contribution in [1.82, 2.24) is 0 Å². The van der Waals surface area contributed by atoms with Crippen LogP contribution in [0.2, 0.25) is 0 Å². The lowest BCUT2D eigenvalue weighted by Gasteiger charge is -1.97. The Morgan fingerprint density at radius 2 is 2.27 bits per heavy atom. The van der Waals surface area contributed by atoms with Crippen LogP contribution in [-0.4, -0.2) is 18.5 Å². The van der Waals surface area contributed by atoms with Crippen LogP contribution in [0.5, 0.6) is 0 Å². The number of carbonyl (C=O) groups is 1. The van der Waals surface area contributed by atoms with Crippen molar-refractivity contribution in [3.8, 4) is 0 Å². The van der Waals surface area contributed by atoms with Gasteiger partial charge in [-0.25, -0.2) is 0 Å². The lowest BCUT2D eigenvalue weighted by atomic mass is 10.3. The maximum atomic E-state index is 10.5. The Hall–Kier alpha value is -0.500. The summed E-state index contributed by atoms with van der Waals surface area (Å²) in [6.07, 6.45) is 5.82. The third-order valence-electron chi connectivity index (χ3n) is 1.06. The zero-order valence-corrected chi connectivity index (χ0v) is 7.43. The van der Waals surface area contributed by atoms with Gasteiger partial charge in [0.05, 0.1) is 6.61 Å². The second-order valence-electron chi connectivity index (χ2n) is 2.02. The Labute approximate surface area is 72.2 Å². The predicted octanol–water partition coefficient (Wildman–Crippen LogP) is 2.12. The molecular formula is C8H13ClO2. The van der Waals surface area contributed by atoms with Crippen molar-refractivity contribution in [2.75, 3.05) is 12.5 Å². The minimum Gasteiger partial charge on any atom is -0.464 e. The molecule has 0 fully saturated rings. The van der Waals surface area contributed by atoms with Crippen molar-refractivity contribution in [3.05, 3.63) is 12.2 Å². The number of hydrogen-bond donors (Lipinski definition) is 0. The van der Waals surface area contributed by atoms with Crippen molar-refractivity contribution >= 4 is 17.6 Å². The maximum absolute atomic E-state index is 10.5. The van der Waals surface area contributed by atoms with Gasteiger partial charge in [0.25, 0.3) is 0 Å². The standard InChI is InChI=1S/C8H13ClO2/c1-2-3-4-5-6-11-8(10)7-9/h3-4H,2,5-7H2,1H3/b4-3-. The molecule has 0 aromatic carbocycles. The molecule has 11 heavy (non-hydrogen) atoms. The zero-order valence-electron chi connectivity index (χ0n) is 6.68. The smallest absolute Gasteiger partial charge is 0.320 e. The van der Waals surface area contributed by atoms with E-state index in [0.717, 1.165) is 12.8 Å². The summed E-state index contributed by atoms with van der Waals surface area (Å²) in [6.45, 7) is 2.49. The number of allylic oxidation sites excluding steroid dienone is 1. The second kappa shape index (κ2) is 7.61. The van der Waals surface area contributed by atoms with E-state index in [1.54, 1.807) is 0 Å². The van der Waals surface area contributed by atoms with Crippen molar-refractivity contribution in [1.29, 1.82) is 0 Å². The molecule has 64 valence electrons. The molecule has 0 rings (SSSR count). The van der Waals surface area contributed by atoms with Crippen LogP contribution in [0.3, 0.4) is 0 Å². The molecule has 0 saturated carbocycles. The lowest BCUT2D eigenvalue weighted by molar-refractivity contribution is -0.140. The summed E-state index contributed by atoms with van der Waals surface area (Å²) in [5, 5.41) is 0. The molecule has 0 radical (unpaired) electrons. The average molecular weight is 177 g/mol. The number of hydrogen-bond acceptors (Lipinski definition) is 2. The number of ether oxygens (including phenoxy) is 1. The van der Waals surface area contributed by atoms with Crippen LogP contribution in [0, 0.1) is 0 Å². The first-order chi connectivity index (χ1) is 5.31. The molecule has 0 aliphatic rings. The number of rotatable bonds is 5. The van der Waals surface area contributed by atoms with Gasteiger partial charge in [-0.05, 0) is 12.8 Å². The SMILES string of the molecule is CC/C=C\CCOC(=O)CCl. The minimum atomic E-state index is -0.350. The summed E-state index contributed by atoms with van der Waals surface area (Å²) in [5.41, 5.74) is 0. The van der Waals surface area contributed by atoms with E-state index in [1.807, 2.05) is 12.2 Å². The quantitative estimate of drug-likeness (QED) is 0.278. The van der Waals surface area contributed by atoms with Gasteiger partial charge in [0.15, 0.2) is 0 Å². The van der Waals surface area contributed by atoms with Crippen molar-refractivity contribution in [2.45, 2.75) is 19.8 Å². The van der Waals surface area contributed by atoms with Gasteiger partial charge < -0.3 is 4.74 Å². The molecule has 0 saturated heterocycles. The van der Waals surface area contributed by atoms with E-state index in [-0.39, 0.29) is 11.8 Å². The first-order valence-corrected chi connectivity index (χ1v) is 4.21. The van der Waals surface area contributed by atoms with Gasteiger partial charge in [0.1, 0.15) is 5.88 Å². The Balaban J connectivity index is 3.14. The molecule has 0 bridgehead atoms. The molecule has 0 heterocycles. The highest BCUT2D eigenvalue weighted by Gasteiger charge is 1.95. The average Bonchev–Trinajstić information content (AvgIpc) is 2.04. The molecule has 0 N–H and O–H groups in total. The fourth-order valence-electron chi connectivity index (χ4n) is 0.564. The van der Waals surface area contributed by atoms with E-state index < -0.39 is 0 Å². The predicted molar refractivity (Wildman–Crippen MR) is 45.7 cm³/mol. The number of halogens is 1. The molecule has 0 aliphatic carbocycles. The van der Waals surface area contributed by atoms with Gasteiger partial charge in [-0.1, -0.05) is 19.1 Å². The van der Waals surface area contributed by atoms with Crippen molar-refractivity contribution in [3.63, 3.8) is 0 Å². The summed E-state index contributed by atoms with van der Waals surface area (Å²) in [5.74, 6) is -0.408. The third-order valence-corrected chi connectivity index (χ3v) is 1.28. The molecule has 0 amide bonds. The number of carbonyl (C=O) groups excluding carboxylic acids is 1. The van der Waals surface area contributed by atoms with Crippen molar-refractivity contribution < 1.29 is 9.53 Å². The highest BCUT2D eigenvalue weighted by atomic mass is 35.5. The molecular weight excluding hydrogens is 164 g/mol. The van der Waals surface area contributed by atoms with E-state index in [9.17, 15) is 4.79 Å². The fourth-order valence-corrected chi connectivity index (χ4v) is 0.641. The van der Waals surface area contributed by atoms with E-state index >= 15 is 0 Å². The zero-order chi connectivity index (χ0) is 8.53. The fraction of sp³-hybridized carbons (Fsp3) is 0.625. The summed E-state index contributed by atoms with van der Waals surface area (Å²) in [4.78, 5) is 10.5. The first kappa shape index (κ1) is 10.5. The Bertz CT molecular complexity index is 132. The van der Waals surface area contributed by atoms with Gasteiger partial charge in [-0.3, -0.25) is 4.79 Å². The lowest BCUT2D eigenvalue weighted by Crippen LogP contribution is -2.05. The van der Waals surface area contributed by atoms with Crippen LogP contribution in [0.15, 0.2) is 12.2 Å². The highest BCUT2D eigenvalue weighted by Crippen LogP contribution is 1.89. The minimum absolute atomic E-state index is 0.0580. The molecule has 0 atom stereocenters. The van der Waals surface area contributed by atoms with Crippen LogP contribution < -0.4 is 0 Å². The highest BCUT2D eigenvalue weighted by molar-refractivity contribution is 6.26. The van der Waals surface area contributed by atoms with E-state index in [1.165, 1.54) is 0 Å².